The number of amides is 1. The van der Waals surface area contributed by atoms with E-state index in [0.29, 0.717) is 31.5 Å². The normalized spacial score (nSPS) is 18.8. The second-order valence-electron chi connectivity index (χ2n) is 6.13. The van der Waals surface area contributed by atoms with Gasteiger partial charge in [-0.3, -0.25) is 14.3 Å². The molecule has 0 spiro atoms. The molecule has 2 atom stereocenters. The van der Waals surface area contributed by atoms with E-state index in [0.717, 1.165) is 0 Å². The van der Waals surface area contributed by atoms with Crippen LogP contribution in [0, 0.1) is 10.1 Å². The molecular weight excluding hydrogens is 380 g/mol. The summed E-state index contributed by atoms with van der Waals surface area (Å²) >= 11 is 1.37. The Morgan fingerprint density at radius 1 is 1.42 bits per heavy atom. The lowest BCUT2D eigenvalue weighted by atomic mass is 9.93. The summed E-state index contributed by atoms with van der Waals surface area (Å²) in [4.78, 5) is 23.8. The molecule has 1 aromatic carbocycles. The van der Waals surface area contributed by atoms with Gasteiger partial charge in [-0.15, -0.1) is 11.8 Å². The van der Waals surface area contributed by atoms with Gasteiger partial charge in [-0.1, -0.05) is 0 Å². The van der Waals surface area contributed by atoms with Crippen LogP contribution in [0.25, 0.3) is 0 Å². The third-order valence-electron chi connectivity index (χ3n) is 4.35. The summed E-state index contributed by atoms with van der Waals surface area (Å²) in [5.74, 6) is 0. The number of nitro groups is 1. The zero-order valence-corrected chi connectivity index (χ0v) is 16.3. The molecule has 1 aliphatic rings. The van der Waals surface area contributed by atoms with E-state index in [4.69, 9.17) is 4.74 Å². The van der Waals surface area contributed by atoms with E-state index in [1.165, 1.54) is 28.8 Å². The van der Waals surface area contributed by atoms with Crippen molar-refractivity contribution in [3.05, 3.63) is 39.9 Å². The molecule has 26 heavy (non-hydrogen) atoms. The standard InChI is InChI=1S/C16H22N2O6S2/c1-25-14(26(2)23)16(20)7-9-17(10-8-16)15(19)24-11-12-3-5-13(6-4-12)18(21)22/h3-6,14,20H,7-11H2,1-2H3. The molecule has 1 aliphatic heterocycles. The monoisotopic (exact) mass is 402 g/mol. The Morgan fingerprint density at radius 3 is 2.46 bits per heavy atom. The molecule has 1 saturated heterocycles. The number of piperidine rings is 1. The first kappa shape index (κ1) is 20.7. The summed E-state index contributed by atoms with van der Waals surface area (Å²) in [5.41, 5.74) is -0.429. The van der Waals surface area contributed by atoms with Gasteiger partial charge in [-0.05, 0) is 36.8 Å². The van der Waals surface area contributed by atoms with Gasteiger partial charge in [0.05, 0.1) is 10.5 Å². The molecule has 1 fully saturated rings. The van der Waals surface area contributed by atoms with Crippen molar-refractivity contribution in [1.82, 2.24) is 4.90 Å². The molecule has 1 aromatic rings. The van der Waals surface area contributed by atoms with Gasteiger partial charge in [0.25, 0.3) is 5.69 Å². The average Bonchev–Trinajstić information content (AvgIpc) is 2.60. The van der Waals surface area contributed by atoms with Gasteiger partial charge >= 0.3 is 6.09 Å². The topological polar surface area (TPSA) is 110 Å². The lowest BCUT2D eigenvalue weighted by Gasteiger charge is -2.41. The number of nitrogens with zero attached hydrogens (tertiary/aromatic N) is 2. The van der Waals surface area contributed by atoms with Crippen molar-refractivity contribution in [2.45, 2.75) is 29.6 Å². The molecule has 1 heterocycles. The summed E-state index contributed by atoms with van der Waals surface area (Å²) in [7, 11) is -1.17. The molecule has 1 amide bonds. The predicted molar refractivity (Wildman–Crippen MR) is 100 cm³/mol. The summed E-state index contributed by atoms with van der Waals surface area (Å²) in [6, 6.07) is 5.80. The van der Waals surface area contributed by atoms with Crippen LogP contribution in [-0.4, -0.2) is 61.0 Å². The summed E-state index contributed by atoms with van der Waals surface area (Å²) < 4.78 is 16.7. The number of hydrogen-bond donors (Lipinski definition) is 1. The van der Waals surface area contributed by atoms with E-state index < -0.39 is 27.4 Å². The molecular formula is C16H22N2O6S2. The number of aliphatic hydroxyl groups is 1. The highest BCUT2D eigenvalue weighted by molar-refractivity contribution is 8.10. The summed E-state index contributed by atoms with van der Waals surface area (Å²) in [6.07, 6.45) is 3.57. The predicted octanol–water partition coefficient (Wildman–Crippen LogP) is 2.13. The van der Waals surface area contributed by atoms with Gasteiger partial charge < -0.3 is 14.7 Å². The van der Waals surface area contributed by atoms with Crippen LogP contribution in [0.15, 0.2) is 24.3 Å². The second-order valence-corrected chi connectivity index (χ2v) is 8.84. The number of thioether (sulfide) groups is 1. The van der Waals surface area contributed by atoms with Crippen LogP contribution in [0.1, 0.15) is 18.4 Å². The fourth-order valence-corrected chi connectivity index (χ4v) is 5.54. The summed E-state index contributed by atoms with van der Waals surface area (Å²) in [5, 5.41) is 21.4. The number of ether oxygens (including phenoxy) is 1. The number of nitro benzene ring substituents is 1. The van der Waals surface area contributed by atoms with E-state index in [1.807, 2.05) is 6.26 Å². The number of carbonyl (C=O) groups is 1. The first-order chi connectivity index (χ1) is 12.3. The van der Waals surface area contributed by atoms with Crippen molar-refractivity contribution >= 4 is 34.3 Å². The molecule has 0 saturated carbocycles. The molecule has 0 bridgehead atoms. The van der Waals surface area contributed by atoms with Gasteiger partial charge in [0, 0.05) is 42.3 Å². The Kier molecular flexibility index (Phi) is 7.01. The number of rotatable bonds is 6. The van der Waals surface area contributed by atoms with E-state index in [1.54, 1.807) is 18.4 Å². The van der Waals surface area contributed by atoms with Crippen LogP contribution in [0.3, 0.4) is 0 Å². The minimum atomic E-state index is -1.17. The highest BCUT2D eigenvalue weighted by Gasteiger charge is 2.42. The SMILES string of the molecule is CSC(S(C)=O)C1(O)CCN(C(=O)OCc2ccc([N+](=O)[O-])cc2)CC1. The Balaban J connectivity index is 1.86. The minimum absolute atomic E-state index is 0.0179. The van der Waals surface area contributed by atoms with Crippen molar-refractivity contribution in [2.24, 2.45) is 0 Å². The zero-order chi connectivity index (χ0) is 19.3. The fourth-order valence-electron chi connectivity index (χ4n) is 2.93. The largest absolute Gasteiger partial charge is 0.445 e. The van der Waals surface area contributed by atoms with Gasteiger partial charge in [0.1, 0.15) is 11.2 Å². The number of hydrogen-bond acceptors (Lipinski definition) is 7. The maximum absolute atomic E-state index is 12.2. The van der Waals surface area contributed by atoms with Crippen LogP contribution >= 0.6 is 11.8 Å². The average molecular weight is 402 g/mol. The van der Waals surface area contributed by atoms with Crippen LogP contribution in [-0.2, 0) is 22.1 Å². The quantitative estimate of drug-likeness (QED) is 0.573. The molecule has 10 heteroatoms. The van der Waals surface area contributed by atoms with Crippen molar-refractivity contribution < 1.29 is 23.8 Å². The number of benzene rings is 1. The Labute approximate surface area is 158 Å². The van der Waals surface area contributed by atoms with Crippen molar-refractivity contribution in [3.8, 4) is 0 Å². The van der Waals surface area contributed by atoms with E-state index in [9.17, 15) is 24.2 Å². The molecule has 1 N–H and O–H groups in total. The van der Waals surface area contributed by atoms with E-state index in [-0.39, 0.29) is 16.9 Å². The van der Waals surface area contributed by atoms with Crippen molar-refractivity contribution in [3.63, 3.8) is 0 Å². The highest BCUT2D eigenvalue weighted by Crippen LogP contribution is 2.33. The maximum atomic E-state index is 12.2. The molecule has 2 rings (SSSR count). The Bertz CT molecular complexity index is 674. The smallest absolute Gasteiger partial charge is 0.410 e. The molecule has 8 nitrogen and oxygen atoms in total. The maximum Gasteiger partial charge on any atom is 0.410 e. The Hall–Kier alpha value is -1.65. The van der Waals surface area contributed by atoms with Gasteiger partial charge in [0.15, 0.2) is 0 Å². The van der Waals surface area contributed by atoms with Crippen LogP contribution in [0.4, 0.5) is 10.5 Å². The molecule has 0 aromatic heterocycles. The van der Waals surface area contributed by atoms with Gasteiger partial charge in [-0.25, -0.2) is 4.79 Å². The number of likely N-dealkylation sites (tertiary alicyclic amines) is 1. The molecule has 0 aliphatic carbocycles. The minimum Gasteiger partial charge on any atom is -0.445 e. The first-order valence-corrected chi connectivity index (χ1v) is 10.9. The van der Waals surface area contributed by atoms with E-state index in [2.05, 4.69) is 0 Å². The van der Waals surface area contributed by atoms with Gasteiger partial charge in [-0.2, -0.15) is 0 Å². The van der Waals surface area contributed by atoms with Crippen LogP contribution in [0.5, 0.6) is 0 Å². The third kappa shape index (κ3) is 4.95. The van der Waals surface area contributed by atoms with Crippen molar-refractivity contribution in [1.29, 1.82) is 0 Å². The van der Waals surface area contributed by atoms with Crippen LogP contribution < -0.4 is 0 Å². The molecule has 144 valence electrons. The lowest BCUT2D eigenvalue weighted by molar-refractivity contribution is -0.384. The summed E-state index contributed by atoms with van der Waals surface area (Å²) in [6.45, 7) is 0.664. The Morgan fingerprint density at radius 2 is 2.00 bits per heavy atom. The van der Waals surface area contributed by atoms with Crippen molar-refractivity contribution in [2.75, 3.05) is 25.6 Å². The fraction of sp³-hybridized carbons (Fsp3) is 0.562. The third-order valence-corrected chi connectivity index (χ3v) is 7.65. The highest BCUT2D eigenvalue weighted by atomic mass is 32.2. The zero-order valence-electron chi connectivity index (χ0n) is 14.6. The van der Waals surface area contributed by atoms with E-state index >= 15 is 0 Å². The second kappa shape index (κ2) is 8.83. The number of non-ortho nitro benzene ring substituents is 1. The molecule has 0 radical (unpaired) electrons. The lowest BCUT2D eigenvalue weighted by Crippen LogP contribution is -2.52. The van der Waals surface area contributed by atoms with Gasteiger partial charge in [0.2, 0.25) is 0 Å². The molecule has 2 unspecified atom stereocenters. The first-order valence-electron chi connectivity index (χ1n) is 7.99. The number of carbonyl (C=O) groups excluding carboxylic acids is 1. The van der Waals surface area contributed by atoms with Crippen LogP contribution in [0.2, 0.25) is 0 Å².